The lowest BCUT2D eigenvalue weighted by Crippen LogP contribution is -2.50. The molecule has 1 aliphatic rings. The highest BCUT2D eigenvalue weighted by atomic mass is 16.5. The summed E-state index contributed by atoms with van der Waals surface area (Å²) in [7, 11) is 1.57. The first-order chi connectivity index (χ1) is 10.5. The number of nitrogens with one attached hydrogen (secondary N) is 1. The number of benzene rings is 1. The van der Waals surface area contributed by atoms with E-state index in [9.17, 15) is 14.7 Å². The van der Waals surface area contributed by atoms with Crippen LogP contribution in [-0.4, -0.2) is 46.5 Å². The Morgan fingerprint density at radius 3 is 2.73 bits per heavy atom. The number of methoxy groups -OCH3 is 1. The molecule has 0 fully saturated rings. The number of hydrogen-bond donors (Lipinski definition) is 3. The highest BCUT2D eigenvalue weighted by Gasteiger charge is 2.34. The average Bonchev–Trinajstić information content (AvgIpc) is 2.53. The molecule has 0 saturated carbocycles. The lowest BCUT2D eigenvalue weighted by molar-refractivity contribution is 0.00816. The van der Waals surface area contributed by atoms with E-state index >= 15 is 0 Å². The minimum absolute atomic E-state index is 0.209. The van der Waals surface area contributed by atoms with Gasteiger partial charge in [0, 0.05) is 19.2 Å². The van der Waals surface area contributed by atoms with Crippen LogP contribution >= 0.6 is 0 Å². The van der Waals surface area contributed by atoms with Gasteiger partial charge in [0.05, 0.1) is 12.1 Å². The fourth-order valence-corrected chi connectivity index (χ4v) is 2.95. The molecule has 120 valence electrons. The van der Waals surface area contributed by atoms with E-state index in [0.717, 1.165) is 11.1 Å². The first-order valence-corrected chi connectivity index (χ1v) is 7.10. The van der Waals surface area contributed by atoms with E-state index < -0.39 is 12.0 Å². The van der Waals surface area contributed by atoms with Gasteiger partial charge in [-0.15, -0.1) is 0 Å². The van der Waals surface area contributed by atoms with Crippen molar-refractivity contribution in [2.75, 3.05) is 7.11 Å². The van der Waals surface area contributed by atoms with E-state index in [1.54, 1.807) is 30.8 Å². The second kappa shape index (κ2) is 6.76. The maximum absolute atomic E-state index is 11.5. The summed E-state index contributed by atoms with van der Waals surface area (Å²) in [6.45, 7) is 2.20. The number of rotatable bonds is 4. The van der Waals surface area contributed by atoms with Crippen LogP contribution in [0.15, 0.2) is 18.2 Å². The smallest absolute Gasteiger partial charge is 0.407 e. The Kier molecular flexibility index (Phi) is 4.99. The molecule has 1 heterocycles. The quantitative estimate of drug-likeness (QED) is 0.580. The molecule has 2 atom stereocenters. The monoisotopic (exact) mass is 308 g/mol. The third-order valence-electron chi connectivity index (χ3n) is 4.12. The lowest BCUT2D eigenvalue weighted by atomic mass is 9.89. The molecule has 2 unspecified atom stereocenters. The molecular weight excluding hydrogens is 288 g/mol. The van der Waals surface area contributed by atoms with Gasteiger partial charge in [-0.05, 0) is 36.1 Å². The maximum atomic E-state index is 11.5. The normalized spacial score (nSPS) is 18.5. The van der Waals surface area contributed by atoms with Crippen LogP contribution in [0.4, 0.5) is 4.79 Å². The summed E-state index contributed by atoms with van der Waals surface area (Å²) in [6.07, 6.45) is -0.0274. The van der Waals surface area contributed by atoms with Crippen molar-refractivity contribution in [2.24, 2.45) is 0 Å². The predicted molar refractivity (Wildman–Crippen MR) is 77.8 cm³/mol. The summed E-state index contributed by atoms with van der Waals surface area (Å²) in [5.74, 6) is -0.584. The highest BCUT2D eigenvalue weighted by molar-refractivity contribution is 5.93. The van der Waals surface area contributed by atoms with Crippen molar-refractivity contribution >= 4 is 12.0 Å². The van der Waals surface area contributed by atoms with E-state index in [1.807, 2.05) is 6.92 Å². The molecule has 3 N–H and O–H groups in total. The van der Waals surface area contributed by atoms with Crippen LogP contribution in [-0.2, 0) is 17.7 Å². The zero-order chi connectivity index (χ0) is 16.3. The molecule has 1 aromatic rings. The molecule has 22 heavy (non-hydrogen) atoms. The topological polar surface area (TPSA) is 99.1 Å². The van der Waals surface area contributed by atoms with E-state index in [0.29, 0.717) is 18.4 Å². The fourth-order valence-electron chi connectivity index (χ4n) is 2.95. The second-order valence-electron chi connectivity index (χ2n) is 5.29. The number of carboxylic acid groups (broad SMARTS) is 1. The van der Waals surface area contributed by atoms with Crippen LogP contribution in [0.5, 0.6) is 0 Å². The molecule has 1 aromatic carbocycles. The Morgan fingerprint density at radius 1 is 1.45 bits per heavy atom. The van der Waals surface area contributed by atoms with E-state index in [4.69, 9.17) is 9.94 Å². The Labute approximate surface area is 128 Å². The van der Waals surface area contributed by atoms with Crippen molar-refractivity contribution in [1.82, 2.24) is 10.4 Å². The van der Waals surface area contributed by atoms with Crippen molar-refractivity contribution in [3.05, 3.63) is 34.9 Å². The number of amides is 2. The number of carbonyl (C=O) groups excluding carboxylic acids is 1. The van der Waals surface area contributed by atoms with Gasteiger partial charge in [0.15, 0.2) is 0 Å². The van der Waals surface area contributed by atoms with Gasteiger partial charge < -0.3 is 9.84 Å². The molecule has 0 aliphatic carbocycles. The van der Waals surface area contributed by atoms with Crippen molar-refractivity contribution in [3.8, 4) is 0 Å². The number of nitrogens with zero attached hydrogens (tertiary/aromatic N) is 1. The maximum Gasteiger partial charge on any atom is 0.407 e. The average molecular weight is 308 g/mol. The molecule has 0 spiro atoms. The number of carbonyl (C=O) groups is 2. The molecule has 2 amide bonds. The molecule has 0 radical (unpaired) electrons. The van der Waals surface area contributed by atoms with Gasteiger partial charge in [0.1, 0.15) is 0 Å². The Balaban J connectivity index is 2.36. The molecule has 1 aliphatic heterocycles. The summed E-state index contributed by atoms with van der Waals surface area (Å²) in [5, 5.41) is 18.1. The van der Waals surface area contributed by atoms with Crippen molar-refractivity contribution in [2.45, 2.75) is 38.5 Å². The fraction of sp³-hybridized carbons (Fsp3) is 0.467. The Morgan fingerprint density at radius 2 is 2.18 bits per heavy atom. The summed E-state index contributed by atoms with van der Waals surface area (Å²) in [5.41, 5.74) is 3.71. The van der Waals surface area contributed by atoms with Crippen molar-refractivity contribution in [3.63, 3.8) is 0 Å². The van der Waals surface area contributed by atoms with E-state index in [2.05, 4.69) is 0 Å². The van der Waals surface area contributed by atoms with Crippen LogP contribution in [0.1, 0.15) is 34.8 Å². The zero-order valence-corrected chi connectivity index (χ0v) is 12.6. The van der Waals surface area contributed by atoms with Crippen LogP contribution < -0.4 is 5.48 Å². The molecule has 0 bridgehead atoms. The third-order valence-corrected chi connectivity index (χ3v) is 4.12. The van der Waals surface area contributed by atoms with Gasteiger partial charge in [0.25, 0.3) is 5.91 Å². The van der Waals surface area contributed by atoms with Gasteiger partial charge in [0.2, 0.25) is 0 Å². The predicted octanol–water partition coefficient (Wildman–Crippen LogP) is 1.64. The summed E-state index contributed by atoms with van der Waals surface area (Å²) in [4.78, 5) is 24.4. The summed E-state index contributed by atoms with van der Waals surface area (Å²) >= 11 is 0. The standard InChI is InChI=1S/C15H20N2O5/c1-3-13(22-2)12-7-11-6-9(14(18)16-21)4-5-10(11)8-17(12)15(19)20/h4-6,12-13,21H,3,7-8H2,1-2H3,(H,16,18)(H,19,20). The molecule has 7 nitrogen and oxygen atoms in total. The van der Waals surface area contributed by atoms with E-state index in [-0.39, 0.29) is 18.7 Å². The van der Waals surface area contributed by atoms with Gasteiger partial charge >= 0.3 is 6.09 Å². The van der Waals surface area contributed by atoms with Gasteiger partial charge in [-0.3, -0.25) is 14.9 Å². The van der Waals surface area contributed by atoms with Crippen LogP contribution in [0.3, 0.4) is 0 Å². The molecule has 0 aromatic heterocycles. The number of ether oxygens (including phenoxy) is 1. The zero-order valence-electron chi connectivity index (χ0n) is 12.6. The van der Waals surface area contributed by atoms with Crippen LogP contribution in [0, 0.1) is 0 Å². The number of hydrogen-bond acceptors (Lipinski definition) is 4. The van der Waals surface area contributed by atoms with Gasteiger partial charge in [-0.25, -0.2) is 10.3 Å². The van der Waals surface area contributed by atoms with Crippen LogP contribution in [0.2, 0.25) is 0 Å². The number of hydroxylamine groups is 1. The van der Waals surface area contributed by atoms with Crippen LogP contribution in [0.25, 0.3) is 0 Å². The summed E-state index contributed by atoms with van der Waals surface area (Å²) < 4.78 is 5.41. The van der Waals surface area contributed by atoms with Crippen molar-refractivity contribution < 1.29 is 24.6 Å². The first kappa shape index (κ1) is 16.3. The molecular formula is C15H20N2O5. The Bertz CT molecular complexity index is 571. The molecule has 7 heteroatoms. The number of fused-ring (bicyclic) bond motifs is 1. The van der Waals surface area contributed by atoms with E-state index in [1.165, 1.54) is 4.90 Å². The summed E-state index contributed by atoms with van der Waals surface area (Å²) in [6, 6.07) is 4.68. The SMILES string of the molecule is CCC(OC)C1Cc2cc(C(=O)NO)ccc2CN1C(=O)O. The lowest BCUT2D eigenvalue weighted by Gasteiger charge is -2.38. The third kappa shape index (κ3) is 3.05. The van der Waals surface area contributed by atoms with Crippen molar-refractivity contribution in [1.29, 1.82) is 0 Å². The first-order valence-electron chi connectivity index (χ1n) is 7.10. The highest BCUT2D eigenvalue weighted by Crippen LogP contribution is 2.28. The Hall–Kier alpha value is -2.12. The van der Waals surface area contributed by atoms with Gasteiger partial charge in [-0.2, -0.15) is 0 Å². The second-order valence-corrected chi connectivity index (χ2v) is 5.29. The molecule has 2 rings (SSSR count). The molecule has 0 saturated heterocycles. The minimum Gasteiger partial charge on any atom is -0.465 e. The largest absolute Gasteiger partial charge is 0.465 e. The minimum atomic E-state index is -0.983. The van der Waals surface area contributed by atoms with Gasteiger partial charge in [-0.1, -0.05) is 13.0 Å².